The number of aromatic nitrogens is 3. The zero-order chi connectivity index (χ0) is 33.5. The molecule has 3 nitrogen and oxygen atoms in total. The quantitative estimate of drug-likeness (QED) is 0.186. The second-order valence-electron chi connectivity index (χ2n) is 13.1. The summed E-state index contributed by atoms with van der Waals surface area (Å²) in [4.78, 5) is 17.8. The molecule has 1 aliphatic carbocycles. The van der Waals surface area contributed by atoms with Crippen molar-refractivity contribution in [3.63, 3.8) is 0 Å². The Labute approximate surface area is 303 Å². The molecule has 2 aliphatic rings. The molecule has 238 valence electrons. The van der Waals surface area contributed by atoms with E-state index in [1.165, 1.54) is 63.3 Å². The third-order valence-corrected chi connectivity index (χ3v) is 12.7. The maximum absolute atomic E-state index is 5.14. The minimum absolute atomic E-state index is 0.402. The van der Waals surface area contributed by atoms with Gasteiger partial charge >= 0.3 is 0 Å². The fourth-order valence-corrected chi connectivity index (χ4v) is 10.7. The molecular weight excluding hydrogens is 659 g/mol. The van der Waals surface area contributed by atoms with Crippen molar-refractivity contribution in [1.82, 2.24) is 15.0 Å². The zero-order valence-electron chi connectivity index (χ0n) is 27.2. The molecule has 2 aromatic heterocycles. The van der Waals surface area contributed by atoms with E-state index in [1.807, 2.05) is 59.5 Å². The van der Waals surface area contributed by atoms with Crippen molar-refractivity contribution in [1.29, 1.82) is 0 Å². The maximum atomic E-state index is 5.14. The first kappa shape index (κ1) is 28.9. The lowest BCUT2D eigenvalue weighted by atomic mass is 9.67. The normalized spacial score (nSPS) is 13.6. The lowest BCUT2D eigenvalue weighted by molar-refractivity contribution is 0.724. The fourth-order valence-electron chi connectivity index (χ4n) is 8.29. The van der Waals surface area contributed by atoms with E-state index in [4.69, 9.17) is 15.0 Å². The van der Waals surface area contributed by atoms with Gasteiger partial charge in [-0.15, -0.1) is 11.3 Å². The lowest BCUT2D eigenvalue weighted by Crippen LogP contribution is -2.31. The van der Waals surface area contributed by atoms with Gasteiger partial charge in [-0.05, 0) is 57.6 Å². The topological polar surface area (TPSA) is 38.7 Å². The number of benzene rings is 7. The van der Waals surface area contributed by atoms with Crippen molar-refractivity contribution in [3.8, 4) is 45.3 Å². The summed E-state index contributed by atoms with van der Waals surface area (Å²) >= 11 is 3.73. The van der Waals surface area contributed by atoms with Crippen LogP contribution in [-0.2, 0) is 5.41 Å². The van der Waals surface area contributed by atoms with Crippen LogP contribution in [0.1, 0.15) is 22.3 Å². The SMILES string of the molecule is c1ccc(-c2nc(-c3ccccc3)nc(-c3cccc4sc5cc6c(cc5c34)Sc3ccccc3C63c4ccccc4-c4ccccc43)n2)cc1. The van der Waals surface area contributed by atoms with Gasteiger partial charge in [0.1, 0.15) is 0 Å². The summed E-state index contributed by atoms with van der Waals surface area (Å²) in [5.41, 5.74) is 10.6. The molecule has 0 saturated carbocycles. The lowest BCUT2D eigenvalue weighted by Gasteiger charge is -2.39. The average Bonchev–Trinajstić information content (AvgIpc) is 3.71. The molecule has 1 aliphatic heterocycles. The Kier molecular flexibility index (Phi) is 6.27. The fraction of sp³-hybridized carbons (Fsp3) is 0.0217. The van der Waals surface area contributed by atoms with Crippen LogP contribution in [0.25, 0.3) is 65.5 Å². The highest BCUT2D eigenvalue weighted by Crippen LogP contribution is 2.63. The minimum Gasteiger partial charge on any atom is -0.208 e. The van der Waals surface area contributed by atoms with Crippen molar-refractivity contribution < 1.29 is 0 Å². The molecular formula is C46H27N3S2. The number of hydrogen-bond acceptors (Lipinski definition) is 5. The van der Waals surface area contributed by atoms with Gasteiger partial charge in [-0.2, -0.15) is 0 Å². The summed E-state index contributed by atoms with van der Waals surface area (Å²) in [6.45, 7) is 0. The highest BCUT2D eigenvalue weighted by molar-refractivity contribution is 7.99. The Morgan fingerprint density at radius 3 is 1.61 bits per heavy atom. The second-order valence-corrected chi connectivity index (χ2v) is 15.3. The van der Waals surface area contributed by atoms with E-state index < -0.39 is 5.41 Å². The first-order valence-corrected chi connectivity index (χ1v) is 18.7. The van der Waals surface area contributed by atoms with Crippen LogP contribution in [0.3, 0.4) is 0 Å². The number of fused-ring (bicyclic) bond motifs is 12. The van der Waals surface area contributed by atoms with Crippen LogP contribution in [0.15, 0.2) is 174 Å². The van der Waals surface area contributed by atoms with Gasteiger partial charge < -0.3 is 0 Å². The van der Waals surface area contributed by atoms with Gasteiger partial charge in [0.15, 0.2) is 17.5 Å². The number of rotatable bonds is 3. The smallest absolute Gasteiger partial charge is 0.164 e. The molecule has 0 radical (unpaired) electrons. The molecule has 5 heteroatoms. The van der Waals surface area contributed by atoms with Crippen molar-refractivity contribution in [2.45, 2.75) is 15.2 Å². The molecule has 0 atom stereocenters. The molecule has 1 spiro atoms. The monoisotopic (exact) mass is 685 g/mol. The van der Waals surface area contributed by atoms with Crippen LogP contribution in [0.4, 0.5) is 0 Å². The van der Waals surface area contributed by atoms with Crippen LogP contribution in [0, 0.1) is 0 Å². The first-order chi connectivity index (χ1) is 25.3. The molecule has 0 N–H and O–H groups in total. The van der Waals surface area contributed by atoms with Gasteiger partial charge in [0.25, 0.3) is 0 Å². The van der Waals surface area contributed by atoms with Gasteiger partial charge in [0.05, 0.1) is 5.41 Å². The summed E-state index contributed by atoms with van der Waals surface area (Å²) < 4.78 is 2.48. The average molecular weight is 686 g/mol. The molecule has 0 unspecified atom stereocenters. The second kappa shape index (κ2) is 11.1. The van der Waals surface area contributed by atoms with Crippen LogP contribution >= 0.6 is 23.1 Å². The van der Waals surface area contributed by atoms with Gasteiger partial charge in [0, 0.05) is 46.7 Å². The summed E-state index contributed by atoms with van der Waals surface area (Å²) in [6.07, 6.45) is 0. The standard InChI is InChI=1S/C46H27N3S2/c1-3-14-28(15-4-1)43-47-44(29-16-5-2-6-17-29)49-45(48-43)32-20-13-25-39-42(32)33-26-41-37(27-40(33)51-39)46(36-23-11-12-24-38(36)50-41)34-21-9-7-18-30(34)31-19-8-10-22-35(31)46/h1-27H. The summed E-state index contributed by atoms with van der Waals surface area (Å²) in [5, 5.41) is 2.42. The molecule has 0 saturated heterocycles. The zero-order valence-corrected chi connectivity index (χ0v) is 28.9. The Morgan fingerprint density at radius 1 is 0.392 bits per heavy atom. The highest BCUT2D eigenvalue weighted by Gasteiger charge is 2.50. The maximum Gasteiger partial charge on any atom is 0.164 e. The third-order valence-electron chi connectivity index (χ3n) is 10.4. The molecule has 3 heterocycles. The molecule has 0 bridgehead atoms. The van der Waals surface area contributed by atoms with E-state index in [1.54, 1.807) is 0 Å². The van der Waals surface area contributed by atoms with Gasteiger partial charge in [-0.3, -0.25) is 0 Å². The van der Waals surface area contributed by atoms with Crippen LogP contribution in [0.5, 0.6) is 0 Å². The first-order valence-electron chi connectivity index (χ1n) is 17.1. The minimum atomic E-state index is -0.402. The number of thiophene rings is 1. The van der Waals surface area contributed by atoms with E-state index in [-0.39, 0.29) is 0 Å². The van der Waals surface area contributed by atoms with Crippen LogP contribution in [0.2, 0.25) is 0 Å². The largest absolute Gasteiger partial charge is 0.208 e. The van der Waals surface area contributed by atoms with Crippen LogP contribution in [-0.4, -0.2) is 15.0 Å². The molecule has 9 aromatic rings. The molecule has 0 amide bonds. The summed E-state index contributed by atoms with van der Waals surface area (Å²) in [5.74, 6) is 2.01. The van der Waals surface area contributed by atoms with E-state index in [2.05, 4.69) is 127 Å². The Balaban J connectivity index is 1.19. The van der Waals surface area contributed by atoms with Crippen molar-refractivity contribution >= 4 is 43.3 Å². The predicted octanol–water partition coefficient (Wildman–Crippen LogP) is 12.1. The van der Waals surface area contributed by atoms with E-state index in [0.717, 1.165) is 16.7 Å². The molecule has 0 fully saturated rings. The van der Waals surface area contributed by atoms with Crippen molar-refractivity contribution in [3.05, 3.63) is 186 Å². The summed E-state index contributed by atoms with van der Waals surface area (Å²) in [7, 11) is 0. The van der Waals surface area contributed by atoms with E-state index >= 15 is 0 Å². The van der Waals surface area contributed by atoms with E-state index in [9.17, 15) is 0 Å². The van der Waals surface area contributed by atoms with Gasteiger partial charge in [-0.25, -0.2) is 15.0 Å². The van der Waals surface area contributed by atoms with Crippen molar-refractivity contribution in [2.75, 3.05) is 0 Å². The molecule has 11 rings (SSSR count). The Morgan fingerprint density at radius 2 is 0.941 bits per heavy atom. The van der Waals surface area contributed by atoms with E-state index in [0.29, 0.717) is 17.5 Å². The number of hydrogen-bond donors (Lipinski definition) is 0. The highest BCUT2D eigenvalue weighted by atomic mass is 32.2. The summed E-state index contributed by atoms with van der Waals surface area (Å²) in [6, 6.07) is 58.9. The number of nitrogens with zero attached hydrogens (tertiary/aromatic N) is 3. The van der Waals surface area contributed by atoms with Crippen molar-refractivity contribution in [2.24, 2.45) is 0 Å². The Bertz CT molecular complexity index is 2740. The Hall–Kier alpha value is -5.88. The van der Waals surface area contributed by atoms with Gasteiger partial charge in [0.2, 0.25) is 0 Å². The third kappa shape index (κ3) is 4.16. The molecule has 7 aromatic carbocycles. The van der Waals surface area contributed by atoms with Crippen LogP contribution < -0.4 is 0 Å². The molecule has 51 heavy (non-hydrogen) atoms. The predicted molar refractivity (Wildman–Crippen MR) is 210 cm³/mol. The van der Waals surface area contributed by atoms with Gasteiger partial charge in [-0.1, -0.05) is 151 Å².